The second-order valence-corrected chi connectivity index (χ2v) is 6.89. The van der Waals surface area contributed by atoms with Crippen molar-refractivity contribution in [3.63, 3.8) is 0 Å². The van der Waals surface area contributed by atoms with Crippen LogP contribution in [0.3, 0.4) is 0 Å². The molecule has 1 N–H and O–H groups in total. The lowest BCUT2D eigenvalue weighted by Gasteiger charge is -2.10. The lowest BCUT2D eigenvalue weighted by atomic mass is 9.96. The van der Waals surface area contributed by atoms with Crippen molar-refractivity contribution in [3.8, 4) is 22.3 Å². The molecule has 3 aromatic rings. The molecule has 0 aliphatic carbocycles. The van der Waals surface area contributed by atoms with Crippen molar-refractivity contribution in [1.29, 1.82) is 0 Å². The highest BCUT2D eigenvalue weighted by Gasteiger charge is 2.11. The van der Waals surface area contributed by atoms with Gasteiger partial charge in [0.1, 0.15) is 11.6 Å². The van der Waals surface area contributed by atoms with Crippen molar-refractivity contribution < 1.29 is 13.9 Å². The molecule has 0 saturated heterocycles. The smallest absolute Gasteiger partial charge is 0.131 e. The van der Waals surface area contributed by atoms with Gasteiger partial charge in [-0.05, 0) is 54.3 Å². The van der Waals surface area contributed by atoms with Crippen molar-refractivity contribution >= 4 is 5.57 Å². The number of aliphatic hydroxyl groups excluding tert-OH is 1. The zero-order valence-corrected chi connectivity index (χ0v) is 18.4. The van der Waals surface area contributed by atoms with Gasteiger partial charge in [0.05, 0.1) is 5.76 Å². The van der Waals surface area contributed by atoms with Crippen LogP contribution in [-0.2, 0) is 0 Å². The van der Waals surface area contributed by atoms with Crippen LogP contribution in [0.4, 0.5) is 8.78 Å². The van der Waals surface area contributed by atoms with Crippen molar-refractivity contribution in [2.45, 2.75) is 27.7 Å². The van der Waals surface area contributed by atoms with E-state index in [0.29, 0.717) is 27.8 Å². The maximum Gasteiger partial charge on any atom is 0.131 e. The van der Waals surface area contributed by atoms with E-state index in [2.05, 4.69) is 6.58 Å². The monoisotopic (exact) mass is 418 g/mol. The summed E-state index contributed by atoms with van der Waals surface area (Å²) in [5, 5.41) is 9.30. The van der Waals surface area contributed by atoms with Crippen LogP contribution < -0.4 is 0 Å². The third-order valence-electron chi connectivity index (χ3n) is 4.67. The van der Waals surface area contributed by atoms with E-state index in [1.807, 2.05) is 45.0 Å². The second-order valence-electron chi connectivity index (χ2n) is 6.89. The lowest BCUT2D eigenvalue weighted by Crippen LogP contribution is -1.91. The third-order valence-corrected chi connectivity index (χ3v) is 4.67. The van der Waals surface area contributed by atoms with E-state index in [0.717, 1.165) is 11.1 Å². The van der Waals surface area contributed by atoms with Crippen molar-refractivity contribution in [1.82, 2.24) is 0 Å². The molecule has 0 atom stereocenters. The second kappa shape index (κ2) is 11.1. The summed E-state index contributed by atoms with van der Waals surface area (Å²) >= 11 is 0. The number of aliphatic hydroxyl groups is 1. The molecule has 3 aromatic carbocycles. The number of aryl methyl sites for hydroxylation is 1. The molecule has 0 amide bonds. The highest BCUT2D eigenvalue weighted by Crippen LogP contribution is 2.30. The molecule has 0 spiro atoms. The van der Waals surface area contributed by atoms with Gasteiger partial charge in [0.15, 0.2) is 0 Å². The molecule has 0 fully saturated rings. The maximum atomic E-state index is 14.7. The number of benzene rings is 3. The Labute approximate surface area is 183 Å². The number of hydrogen-bond acceptors (Lipinski definition) is 1. The Morgan fingerprint density at radius 2 is 1.35 bits per heavy atom. The Morgan fingerprint density at radius 3 is 1.87 bits per heavy atom. The topological polar surface area (TPSA) is 20.2 Å². The largest absolute Gasteiger partial charge is 0.513 e. The van der Waals surface area contributed by atoms with Gasteiger partial charge in [-0.2, -0.15) is 0 Å². The lowest BCUT2D eigenvalue weighted by molar-refractivity contribution is 0.414. The minimum atomic E-state index is -0.444. The summed E-state index contributed by atoms with van der Waals surface area (Å²) in [5.74, 6) is -0.683. The SMILES string of the molecule is C=C/C(=C\C=C(/C)O)c1ccc(-c2ccc(-c3ccc(C)cc3)c(F)c2)cc1F.CC. The Kier molecular flexibility index (Phi) is 8.51. The van der Waals surface area contributed by atoms with Gasteiger partial charge in [-0.3, -0.25) is 0 Å². The Hall–Kier alpha value is -3.46. The zero-order chi connectivity index (χ0) is 23.0. The molecular formula is C28H28F2O. The normalized spacial score (nSPS) is 11.5. The molecule has 0 radical (unpaired) electrons. The van der Waals surface area contributed by atoms with Gasteiger partial charge in [0.2, 0.25) is 0 Å². The Bertz CT molecular complexity index is 1100. The summed E-state index contributed by atoms with van der Waals surface area (Å²) in [5.41, 5.74) is 4.50. The Morgan fingerprint density at radius 1 is 0.806 bits per heavy atom. The molecule has 0 unspecified atom stereocenters. The van der Waals surface area contributed by atoms with E-state index in [1.165, 1.54) is 31.2 Å². The molecule has 1 nitrogen and oxygen atoms in total. The quantitative estimate of drug-likeness (QED) is 0.325. The number of hydrogen-bond donors (Lipinski definition) is 1. The molecule has 0 aliphatic rings. The average molecular weight is 419 g/mol. The molecule has 3 rings (SSSR count). The van der Waals surface area contributed by atoms with Crippen LogP contribution in [-0.4, -0.2) is 5.11 Å². The number of allylic oxidation sites excluding steroid dienone is 5. The first-order valence-electron chi connectivity index (χ1n) is 10.3. The minimum Gasteiger partial charge on any atom is -0.513 e. The summed E-state index contributed by atoms with van der Waals surface area (Å²) in [6.45, 7) is 11.2. The van der Waals surface area contributed by atoms with Gasteiger partial charge in [-0.15, -0.1) is 0 Å². The zero-order valence-electron chi connectivity index (χ0n) is 18.4. The maximum absolute atomic E-state index is 14.7. The molecule has 0 aromatic heterocycles. The van der Waals surface area contributed by atoms with Gasteiger partial charge >= 0.3 is 0 Å². The first-order valence-corrected chi connectivity index (χ1v) is 10.3. The molecular weight excluding hydrogens is 390 g/mol. The summed E-state index contributed by atoms with van der Waals surface area (Å²) in [6, 6.07) is 17.3. The summed E-state index contributed by atoms with van der Waals surface area (Å²) in [6.07, 6.45) is 4.59. The average Bonchev–Trinajstić information content (AvgIpc) is 2.77. The van der Waals surface area contributed by atoms with Gasteiger partial charge in [-0.1, -0.05) is 86.7 Å². The fourth-order valence-electron chi connectivity index (χ4n) is 3.07. The fraction of sp³-hybridized carbons (Fsp3) is 0.143. The van der Waals surface area contributed by atoms with E-state index in [1.54, 1.807) is 30.3 Å². The van der Waals surface area contributed by atoms with E-state index in [-0.39, 0.29) is 11.6 Å². The van der Waals surface area contributed by atoms with Gasteiger partial charge in [0, 0.05) is 11.1 Å². The standard InChI is InChI=1S/C26H22F2O.C2H6/c1-4-19(10-7-18(3)29)23-13-11-21(15-25(23)27)22-12-14-24(26(28)16-22)20-8-5-17(2)6-9-20;1-2/h4-16,29H,1H2,2-3H3;1-2H3/b18-7+,19-10+;. The predicted molar refractivity (Wildman–Crippen MR) is 128 cm³/mol. The minimum absolute atomic E-state index is 0.116. The molecule has 0 saturated carbocycles. The third kappa shape index (κ3) is 6.02. The van der Waals surface area contributed by atoms with Gasteiger partial charge in [0.25, 0.3) is 0 Å². The van der Waals surface area contributed by atoms with Gasteiger partial charge in [-0.25, -0.2) is 8.78 Å². The molecule has 0 heterocycles. The van der Waals surface area contributed by atoms with E-state index in [9.17, 15) is 13.9 Å². The fourth-order valence-corrected chi connectivity index (χ4v) is 3.07. The number of halogens is 2. The van der Waals surface area contributed by atoms with Crippen LogP contribution in [0.15, 0.2) is 91.2 Å². The van der Waals surface area contributed by atoms with E-state index >= 15 is 0 Å². The summed E-state index contributed by atoms with van der Waals surface area (Å²) < 4.78 is 29.4. The van der Waals surface area contributed by atoms with Crippen LogP contribution in [0.2, 0.25) is 0 Å². The molecule has 0 bridgehead atoms. The molecule has 3 heteroatoms. The van der Waals surface area contributed by atoms with Crippen molar-refractivity contribution in [2.24, 2.45) is 0 Å². The van der Waals surface area contributed by atoms with Crippen LogP contribution >= 0.6 is 0 Å². The summed E-state index contributed by atoms with van der Waals surface area (Å²) in [7, 11) is 0. The van der Waals surface area contributed by atoms with Crippen LogP contribution in [0.1, 0.15) is 31.9 Å². The highest BCUT2D eigenvalue weighted by molar-refractivity contribution is 5.78. The van der Waals surface area contributed by atoms with E-state index in [4.69, 9.17) is 0 Å². The molecule has 31 heavy (non-hydrogen) atoms. The molecule has 0 aliphatic heterocycles. The van der Waals surface area contributed by atoms with Gasteiger partial charge < -0.3 is 5.11 Å². The first-order chi connectivity index (χ1) is 14.9. The van der Waals surface area contributed by atoms with Crippen molar-refractivity contribution in [2.75, 3.05) is 0 Å². The molecule has 160 valence electrons. The highest BCUT2D eigenvalue weighted by atomic mass is 19.1. The number of rotatable bonds is 5. The van der Waals surface area contributed by atoms with E-state index < -0.39 is 5.82 Å². The Balaban J connectivity index is 0.00000166. The first kappa shape index (κ1) is 23.8. The van der Waals surface area contributed by atoms with Crippen molar-refractivity contribution in [3.05, 3.63) is 114 Å². The van der Waals surface area contributed by atoms with Crippen LogP contribution in [0.5, 0.6) is 0 Å². The van der Waals surface area contributed by atoms with Crippen LogP contribution in [0.25, 0.3) is 27.8 Å². The summed E-state index contributed by atoms with van der Waals surface area (Å²) in [4.78, 5) is 0. The predicted octanol–water partition coefficient (Wildman–Crippen LogP) is 8.66. The van der Waals surface area contributed by atoms with Crippen LogP contribution in [0, 0.1) is 18.6 Å².